The Bertz CT molecular complexity index is 265. The SMILES string of the molecule is Cc1cc2c(s1)CCCC2N. The molecule has 1 unspecified atom stereocenters. The standard InChI is InChI=1S/C9H13NS/c1-6-5-7-8(10)3-2-4-9(7)11-6/h5,8H,2-4,10H2,1H3. The molecule has 0 saturated heterocycles. The van der Waals surface area contributed by atoms with Crippen LogP contribution in [-0.4, -0.2) is 0 Å². The van der Waals surface area contributed by atoms with Gasteiger partial charge in [0.2, 0.25) is 0 Å². The second-order valence-corrected chi connectivity index (χ2v) is 4.58. The molecule has 2 N–H and O–H groups in total. The molecule has 0 fully saturated rings. The van der Waals surface area contributed by atoms with Crippen molar-refractivity contribution in [3.05, 3.63) is 21.4 Å². The van der Waals surface area contributed by atoms with Gasteiger partial charge in [0.15, 0.2) is 0 Å². The summed E-state index contributed by atoms with van der Waals surface area (Å²) < 4.78 is 0. The van der Waals surface area contributed by atoms with Crippen LogP contribution in [0.25, 0.3) is 0 Å². The Labute approximate surface area is 71.2 Å². The van der Waals surface area contributed by atoms with E-state index in [0.29, 0.717) is 6.04 Å². The lowest BCUT2D eigenvalue weighted by atomic mass is 9.95. The maximum atomic E-state index is 5.97. The van der Waals surface area contributed by atoms with E-state index in [1.165, 1.54) is 34.6 Å². The van der Waals surface area contributed by atoms with Gasteiger partial charge in [0.1, 0.15) is 0 Å². The molecule has 11 heavy (non-hydrogen) atoms. The predicted molar refractivity (Wildman–Crippen MR) is 48.9 cm³/mol. The highest BCUT2D eigenvalue weighted by atomic mass is 32.1. The van der Waals surface area contributed by atoms with E-state index in [0.717, 1.165) is 0 Å². The predicted octanol–water partition coefficient (Wildman–Crippen LogP) is 2.39. The van der Waals surface area contributed by atoms with Gasteiger partial charge in [0, 0.05) is 15.8 Å². The summed E-state index contributed by atoms with van der Waals surface area (Å²) in [5.41, 5.74) is 7.38. The lowest BCUT2D eigenvalue weighted by Crippen LogP contribution is -2.14. The first-order chi connectivity index (χ1) is 5.27. The van der Waals surface area contributed by atoms with Crippen LogP contribution >= 0.6 is 11.3 Å². The van der Waals surface area contributed by atoms with Crippen molar-refractivity contribution >= 4 is 11.3 Å². The molecule has 1 aromatic heterocycles. The smallest absolute Gasteiger partial charge is 0.0306 e. The minimum Gasteiger partial charge on any atom is -0.324 e. The second-order valence-electron chi connectivity index (χ2n) is 3.23. The molecule has 1 aliphatic carbocycles. The summed E-state index contributed by atoms with van der Waals surface area (Å²) in [5.74, 6) is 0. The molecule has 1 nitrogen and oxygen atoms in total. The van der Waals surface area contributed by atoms with Gasteiger partial charge in [-0.05, 0) is 37.8 Å². The Morgan fingerprint density at radius 3 is 3.18 bits per heavy atom. The van der Waals surface area contributed by atoms with Gasteiger partial charge in [0.25, 0.3) is 0 Å². The topological polar surface area (TPSA) is 26.0 Å². The first-order valence-electron chi connectivity index (χ1n) is 4.12. The summed E-state index contributed by atoms with van der Waals surface area (Å²) >= 11 is 1.91. The molecule has 1 aliphatic rings. The quantitative estimate of drug-likeness (QED) is 0.631. The van der Waals surface area contributed by atoms with E-state index >= 15 is 0 Å². The maximum absolute atomic E-state index is 5.97. The van der Waals surface area contributed by atoms with Gasteiger partial charge < -0.3 is 5.73 Å². The van der Waals surface area contributed by atoms with Crippen LogP contribution in [0.15, 0.2) is 6.07 Å². The van der Waals surface area contributed by atoms with Gasteiger partial charge >= 0.3 is 0 Å². The van der Waals surface area contributed by atoms with E-state index < -0.39 is 0 Å². The summed E-state index contributed by atoms with van der Waals surface area (Å²) in [6.07, 6.45) is 3.69. The van der Waals surface area contributed by atoms with Crippen LogP contribution in [0.2, 0.25) is 0 Å². The average molecular weight is 167 g/mol. The summed E-state index contributed by atoms with van der Waals surface area (Å²) in [6, 6.07) is 2.58. The fraction of sp³-hybridized carbons (Fsp3) is 0.556. The summed E-state index contributed by atoms with van der Waals surface area (Å²) in [5, 5.41) is 0. The van der Waals surface area contributed by atoms with Crippen molar-refractivity contribution in [1.82, 2.24) is 0 Å². The van der Waals surface area contributed by atoms with Crippen molar-refractivity contribution in [2.75, 3.05) is 0 Å². The molecule has 2 rings (SSSR count). The van der Waals surface area contributed by atoms with Crippen LogP contribution in [-0.2, 0) is 6.42 Å². The van der Waals surface area contributed by atoms with Crippen molar-refractivity contribution in [2.45, 2.75) is 32.2 Å². The zero-order chi connectivity index (χ0) is 7.84. The van der Waals surface area contributed by atoms with Gasteiger partial charge in [-0.2, -0.15) is 0 Å². The molecule has 0 saturated carbocycles. The molecule has 1 atom stereocenters. The van der Waals surface area contributed by atoms with Crippen LogP contribution in [0.1, 0.15) is 34.2 Å². The third-order valence-electron chi connectivity index (χ3n) is 2.28. The van der Waals surface area contributed by atoms with E-state index in [4.69, 9.17) is 5.73 Å². The Hall–Kier alpha value is -0.340. The third kappa shape index (κ3) is 1.21. The van der Waals surface area contributed by atoms with E-state index in [2.05, 4.69) is 13.0 Å². The number of hydrogen-bond donors (Lipinski definition) is 1. The molecular formula is C9H13NS. The van der Waals surface area contributed by atoms with E-state index in [1.807, 2.05) is 11.3 Å². The number of rotatable bonds is 0. The highest BCUT2D eigenvalue weighted by molar-refractivity contribution is 7.12. The number of aryl methyl sites for hydroxylation is 2. The van der Waals surface area contributed by atoms with E-state index in [1.54, 1.807) is 0 Å². The Kier molecular flexibility index (Phi) is 1.74. The van der Waals surface area contributed by atoms with Gasteiger partial charge in [-0.3, -0.25) is 0 Å². The molecule has 0 radical (unpaired) electrons. The third-order valence-corrected chi connectivity index (χ3v) is 3.41. The van der Waals surface area contributed by atoms with Gasteiger partial charge in [0.05, 0.1) is 0 Å². The molecule has 0 amide bonds. The first-order valence-corrected chi connectivity index (χ1v) is 4.94. The Morgan fingerprint density at radius 2 is 2.45 bits per heavy atom. The molecule has 0 bridgehead atoms. The highest BCUT2D eigenvalue weighted by Gasteiger charge is 2.18. The summed E-state index contributed by atoms with van der Waals surface area (Å²) in [7, 11) is 0. The minimum absolute atomic E-state index is 0.323. The van der Waals surface area contributed by atoms with Gasteiger partial charge in [-0.1, -0.05) is 0 Å². The molecule has 0 aromatic carbocycles. The molecule has 1 aromatic rings. The summed E-state index contributed by atoms with van der Waals surface area (Å²) in [4.78, 5) is 2.94. The number of thiophene rings is 1. The maximum Gasteiger partial charge on any atom is 0.0306 e. The zero-order valence-corrected chi connectivity index (χ0v) is 7.58. The molecule has 0 spiro atoms. The van der Waals surface area contributed by atoms with Crippen molar-refractivity contribution in [3.8, 4) is 0 Å². The molecule has 1 heterocycles. The molecule has 2 heteroatoms. The monoisotopic (exact) mass is 167 g/mol. The fourth-order valence-corrected chi connectivity index (χ4v) is 2.88. The second kappa shape index (κ2) is 2.61. The van der Waals surface area contributed by atoms with Crippen LogP contribution in [0.3, 0.4) is 0 Å². The van der Waals surface area contributed by atoms with Crippen molar-refractivity contribution in [3.63, 3.8) is 0 Å². The number of hydrogen-bond acceptors (Lipinski definition) is 2. The van der Waals surface area contributed by atoms with Crippen LogP contribution < -0.4 is 5.73 Å². The lowest BCUT2D eigenvalue weighted by molar-refractivity contribution is 0.578. The first kappa shape index (κ1) is 7.32. The number of fused-ring (bicyclic) bond motifs is 1. The molecular weight excluding hydrogens is 154 g/mol. The van der Waals surface area contributed by atoms with Crippen LogP contribution in [0.4, 0.5) is 0 Å². The van der Waals surface area contributed by atoms with Crippen molar-refractivity contribution in [1.29, 1.82) is 0 Å². The Balaban J connectivity index is 2.43. The Morgan fingerprint density at radius 1 is 1.64 bits per heavy atom. The van der Waals surface area contributed by atoms with Crippen molar-refractivity contribution < 1.29 is 0 Å². The van der Waals surface area contributed by atoms with Gasteiger partial charge in [-0.25, -0.2) is 0 Å². The van der Waals surface area contributed by atoms with Crippen LogP contribution in [0, 0.1) is 6.92 Å². The minimum atomic E-state index is 0.323. The van der Waals surface area contributed by atoms with E-state index in [9.17, 15) is 0 Å². The van der Waals surface area contributed by atoms with Gasteiger partial charge in [-0.15, -0.1) is 11.3 Å². The molecule has 0 aliphatic heterocycles. The lowest BCUT2D eigenvalue weighted by Gasteiger charge is -2.17. The molecule has 60 valence electrons. The zero-order valence-electron chi connectivity index (χ0n) is 6.76. The largest absolute Gasteiger partial charge is 0.324 e. The van der Waals surface area contributed by atoms with Crippen molar-refractivity contribution in [2.24, 2.45) is 5.73 Å². The van der Waals surface area contributed by atoms with E-state index in [-0.39, 0.29) is 0 Å². The number of nitrogens with two attached hydrogens (primary N) is 1. The average Bonchev–Trinajstić information content (AvgIpc) is 2.31. The van der Waals surface area contributed by atoms with Crippen LogP contribution in [0.5, 0.6) is 0 Å². The summed E-state index contributed by atoms with van der Waals surface area (Å²) in [6.45, 7) is 2.16. The normalized spacial score (nSPS) is 23.3. The fourth-order valence-electron chi connectivity index (χ4n) is 1.73. The highest BCUT2D eigenvalue weighted by Crippen LogP contribution is 2.33.